The standard InChI is InChI=1S/C16H16N5O5PS/c17-13-10-15(19-7-18-13)21(14(20-10)8-4-2-1-3-5-8)16-11(22)12-9(25-16)6-24-27(23,28)26-12/h1-5,7,9,11-12,16,22H,6H2,(H,23,28)(H2,17,18,19)/p-1/t9?,11-,12?,16+,27?/m0/s1. The number of nitrogens with zero attached hydrogens (tertiary/aromatic N) is 4. The van der Waals surface area contributed by atoms with Gasteiger partial charge in [-0.25, -0.2) is 15.0 Å². The number of hydrogen-bond donors (Lipinski definition) is 2. The zero-order valence-corrected chi connectivity index (χ0v) is 16.0. The minimum atomic E-state index is -3.65. The maximum Gasteiger partial charge on any atom is 0.168 e. The molecule has 10 nitrogen and oxygen atoms in total. The van der Waals surface area contributed by atoms with E-state index in [4.69, 9.17) is 31.3 Å². The molecule has 0 bridgehead atoms. The van der Waals surface area contributed by atoms with Crippen LogP contribution in [-0.2, 0) is 25.6 Å². The van der Waals surface area contributed by atoms with Crippen LogP contribution in [0.25, 0.3) is 22.6 Å². The van der Waals surface area contributed by atoms with Gasteiger partial charge in [-0.1, -0.05) is 42.1 Å². The number of hydrogen-bond acceptors (Lipinski definition) is 10. The molecule has 5 atom stereocenters. The van der Waals surface area contributed by atoms with E-state index in [-0.39, 0.29) is 12.4 Å². The predicted molar refractivity (Wildman–Crippen MR) is 100 cm³/mol. The molecule has 5 rings (SSSR count). The highest BCUT2D eigenvalue weighted by atomic mass is 32.5. The van der Waals surface area contributed by atoms with Crippen LogP contribution in [-0.4, -0.2) is 49.5 Å². The van der Waals surface area contributed by atoms with Gasteiger partial charge < -0.3 is 29.5 Å². The second-order valence-corrected chi connectivity index (χ2v) is 9.18. The van der Waals surface area contributed by atoms with Gasteiger partial charge in [0, 0.05) is 5.56 Å². The Balaban J connectivity index is 1.66. The van der Waals surface area contributed by atoms with Crippen molar-refractivity contribution in [3.05, 3.63) is 36.7 Å². The normalized spacial score (nSPS) is 32.5. The predicted octanol–water partition coefficient (Wildman–Crippen LogP) is 0.334. The minimum absolute atomic E-state index is 0.0383. The van der Waals surface area contributed by atoms with E-state index in [1.165, 1.54) is 6.33 Å². The van der Waals surface area contributed by atoms with Crippen LogP contribution in [0, 0.1) is 0 Å². The fraction of sp³-hybridized carbons (Fsp3) is 0.312. The van der Waals surface area contributed by atoms with Gasteiger partial charge in [0.2, 0.25) is 0 Å². The largest absolute Gasteiger partial charge is 0.780 e. The molecule has 2 saturated heterocycles. The Bertz CT molecular complexity index is 1100. The average Bonchev–Trinajstić information content (AvgIpc) is 3.21. The second-order valence-electron chi connectivity index (χ2n) is 6.47. The summed E-state index contributed by atoms with van der Waals surface area (Å²) in [4.78, 5) is 24.9. The Morgan fingerprint density at radius 1 is 1.29 bits per heavy atom. The van der Waals surface area contributed by atoms with Crippen LogP contribution >= 0.6 is 6.72 Å². The molecule has 28 heavy (non-hydrogen) atoms. The van der Waals surface area contributed by atoms with Crippen molar-refractivity contribution in [1.82, 2.24) is 19.5 Å². The molecule has 0 spiro atoms. The van der Waals surface area contributed by atoms with Crippen molar-refractivity contribution in [2.45, 2.75) is 24.5 Å². The van der Waals surface area contributed by atoms with Gasteiger partial charge >= 0.3 is 0 Å². The first-order chi connectivity index (χ1) is 13.4. The van der Waals surface area contributed by atoms with Crippen molar-refractivity contribution in [3.8, 4) is 11.4 Å². The topological polar surface area (TPSA) is 141 Å². The fourth-order valence-corrected chi connectivity index (χ4v) is 4.93. The molecule has 2 aromatic heterocycles. The first-order valence-electron chi connectivity index (χ1n) is 8.46. The van der Waals surface area contributed by atoms with Crippen molar-refractivity contribution < 1.29 is 23.8 Å². The molecule has 1 aromatic carbocycles. The van der Waals surface area contributed by atoms with Crippen LogP contribution in [0.1, 0.15) is 6.23 Å². The number of ether oxygens (including phenoxy) is 1. The van der Waals surface area contributed by atoms with Crippen molar-refractivity contribution in [2.75, 3.05) is 12.3 Å². The van der Waals surface area contributed by atoms with Crippen molar-refractivity contribution in [1.29, 1.82) is 0 Å². The van der Waals surface area contributed by atoms with Gasteiger partial charge in [0.15, 0.2) is 23.2 Å². The summed E-state index contributed by atoms with van der Waals surface area (Å²) in [7, 11) is 0. The third-order valence-corrected chi connectivity index (χ3v) is 6.29. The Labute approximate surface area is 164 Å². The van der Waals surface area contributed by atoms with Gasteiger partial charge in [-0.2, -0.15) is 0 Å². The monoisotopic (exact) mass is 420 g/mol. The molecule has 4 heterocycles. The smallest absolute Gasteiger partial charge is 0.168 e. The van der Waals surface area contributed by atoms with Gasteiger partial charge in [0.1, 0.15) is 37.2 Å². The van der Waals surface area contributed by atoms with Crippen molar-refractivity contribution >= 4 is 35.5 Å². The summed E-state index contributed by atoms with van der Waals surface area (Å²) < 4.78 is 18.0. The number of benzene rings is 1. The molecule has 3 unspecified atom stereocenters. The van der Waals surface area contributed by atoms with Crippen LogP contribution in [0.3, 0.4) is 0 Å². The second kappa shape index (κ2) is 6.53. The zero-order chi connectivity index (χ0) is 19.5. The minimum Gasteiger partial charge on any atom is -0.780 e. The third-order valence-electron chi connectivity index (χ3n) is 4.75. The molecule has 2 aliphatic heterocycles. The molecular formula is C16H15N5O5PS-. The highest BCUT2D eigenvalue weighted by Gasteiger charge is 2.50. The molecule has 0 amide bonds. The molecule has 0 radical (unpaired) electrons. The van der Waals surface area contributed by atoms with E-state index in [2.05, 4.69) is 15.0 Å². The Hall–Kier alpha value is -1.98. The summed E-state index contributed by atoms with van der Waals surface area (Å²) in [6, 6.07) is 9.35. The molecule has 2 fully saturated rings. The van der Waals surface area contributed by atoms with Gasteiger partial charge in [-0.3, -0.25) is 4.57 Å². The summed E-state index contributed by atoms with van der Waals surface area (Å²) >= 11 is 4.80. The number of rotatable bonds is 2. The fourth-order valence-electron chi connectivity index (χ4n) is 3.50. The molecule has 0 aliphatic carbocycles. The number of aliphatic hydroxyl groups is 1. The van der Waals surface area contributed by atoms with E-state index in [1.807, 2.05) is 30.3 Å². The Morgan fingerprint density at radius 3 is 2.86 bits per heavy atom. The number of aromatic nitrogens is 4. The quantitative estimate of drug-likeness (QED) is 0.557. The number of aliphatic hydroxyl groups excluding tert-OH is 1. The van der Waals surface area contributed by atoms with Gasteiger partial charge in [0.05, 0.1) is 6.61 Å². The first-order valence-corrected chi connectivity index (χ1v) is 11.0. The molecular weight excluding hydrogens is 405 g/mol. The van der Waals surface area contributed by atoms with E-state index < -0.39 is 31.3 Å². The van der Waals surface area contributed by atoms with Crippen molar-refractivity contribution in [2.24, 2.45) is 0 Å². The van der Waals surface area contributed by atoms with E-state index >= 15 is 0 Å². The summed E-state index contributed by atoms with van der Waals surface area (Å²) in [6.07, 6.45) is -2.29. The molecule has 12 heteroatoms. The highest BCUT2D eigenvalue weighted by Crippen LogP contribution is 2.50. The first kappa shape index (κ1) is 18.1. The highest BCUT2D eigenvalue weighted by molar-refractivity contribution is 8.06. The molecule has 146 valence electrons. The van der Waals surface area contributed by atoms with E-state index in [1.54, 1.807) is 4.57 Å². The number of nitrogen functional groups attached to an aromatic ring is 1. The molecule has 2 aliphatic rings. The van der Waals surface area contributed by atoms with Crippen LogP contribution in [0.4, 0.5) is 5.82 Å². The number of nitrogens with two attached hydrogens (primary N) is 1. The average molecular weight is 420 g/mol. The van der Waals surface area contributed by atoms with Crippen LogP contribution in [0.15, 0.2) is 36.7 Å². The van der Waals surface area contributed by atoms with E-state index in [9.17, 15) is 10.00 Å². The summed E-state index contributed by atoms with van der Waals surface area (Å²) in [5.41, 5.74) is 7.54. The van der Waals surface area contributed by atoms with Crippen LogP contribution in [0.2, 0.25) is 0 Å². The molecule has 0 saturated carbocycles. The van der Waals surface area contributed by atoms with E-state index in [0.29, 0.717) is 17.0 Å². The van der Waals surface area contributed by atoms with Crippen molar-refractivity contribution in [3.63, 3.8) is 0 Å². The summed E-state index contributed by atoms with van der Waals surface area (Å²) in [5, 5.41) is 10.9. The van der Waals surface area contributed by atoms with Crippen LogP contribution in [0.5, 0.6) is 0 Å². The molecule has 3 N–H and O–H groups in total. The Kier molecular flexibility index (Phi) is 4.21. The third kappa shape index (κ3) is 2.83. The maximum absolute atomic E-state index is 12.0. The van der Waals surface area contributed by atoms with Gasteiger partial charge in [-0.15, -0.1) is 0 Å². The zero-order valence-electron chi connectivity index (χ0n) is 14.3. The SMILES string of the molecule is Nc1ncnc2c1nc(-c1ccccc1)n2[C@@H]1OC2COP([O-])(=S)OC2[C@@H]1O. The lowest BCUT2D eigenvalue weighted by atomic mass is 10.1. The van der Waals surface area contributed by atoms with Crippen LogP contribution < -0.4 is 10.6 Å². The summed E-state index contributed by atoms with van der Waals surface area (Å²) in [6.45, 7) is -3.69. The lowest BCUT2D eigenvalue weighted by Gasteiger charge is -2.38. The number of anilines is 1. The van der Waals surface area contributed by atoms with E-state index in [0.717, 1.165) is 5.56 Å². The summed E-state index contributed by atoms with van der Waals surface area (Å²) in [5.74, 6) is 0.702. The number of imidazole rings is 1. The maximum atomic E-state index is 12.0. The Morgan fingerprint density at radius 2 is 2.07 bits per heavy atom. The lowest BCUT2D eigenvalue weighted by Crippen LogP contribution is -2.41. The number of fused-ring (bicyclic) bond motifs is 2. The van der Waals surface area contributed by atoms with Gasteiger partial charge in [0.25, 0.3) is 0 Å². The lowest BCUT2D eigenvalue weighted by molar-refractivity contribution is -0.227. The van der Waals surface area contributed by atoms with Gasteiger partial charge in [-0.05, 0) is 0 Å². The molecule has 3 aromatic rings.